The van der Waals surface area contributed by atoms with Crippen molar-refractivity contribution in [3.05, 3.63) is 124 Å². The summed E-state index contributed by atoms with van der Waals surface area (Å²) in [7, 11) is -4.35. The molecule has 1 fully saturated rings. The Morgan fingerprint density at radius 3 is 2.17 bits per heavy atom. The van der Waals surface area contributed by atoms with Gasteiger partial charge in [-0.15, -0.1) is 0 Å². The first-order valence-electron chi connectivity index (χ1n) is 19.2. The van der Waals surface area contributed by atoms with Crippen LogP contribution in [0.3, 0.4) is 0 Å². The number of H-pyrrole nitrogens is 1. The molecule has 17 nitrogen and oxygen atoms in total. The second-order valence-corrected chi connectivity index (χ2v) is 17.7. The normalized spacial score (nSPS) is 20.5. The third-order valence-electron chi connectivity index (χ3n) is 9.91. The van der Waals surface area contributed by atoms with Gasteiger partial charge in [0.2, 0.25) is 5.95 Å². The van der Waals surface area contributed by atoms with E-state index >= 15 is 0 Å². The molecule has 320 valence electrons. The Morgan fingerprint density at radius 1 is 1.02 bits per heavy atom. The molecule has 1 aliphatic rings. The molecule has 2 aromatic heterocycles. The van der Waals surface area contributed by atoms with Crippen LogP contribution in [0.4, 0.5) is 5.95 Å². The Balaban J connectivity index is 1.12. The fourth-order valence-electron chi connectivity index (χ4n) is 6.77. The molecule has 1 aliphatic heterocycles. The molecule has 0 aliphatic carbocycles. The van der Waals surface area contributed by atoms with Crippen molar-refractivity contribution < 1.29 is 47.6 Å². The number of carbonyl (C=O) groups is 2. The first kappa shape index (κ1) is 44.8. The fraction of sp³-hybridized carbons (Fsp3) is 0.390. The molecule has 6 rings (SSSR count). The zero-order chi connectivity index (χ0) is 43.1. The average molecular weight is 865 g/mol. The van der Waals surface area contributed by atoms with Crippen molar-refractivity contribution in [2.24, 2.45) is 5.41 Å². The summed E-state index contributed by atoms with van der Waals surface area (Å²) < 4.78 is 44.4. The first-order valence-corrected chi connectivity index (χ1v) is 21.7. The highest BCUT2D eigenvalue weighted by atomic mass is 32.2. The predicted octanol–water partition coefficient (Wildman–Crippen LogP) is 4.30. The molecule has 60 heavy (non-hydrogen) atoms. The first-order chi connectivity index (χ1) is 28.6. The number of hydrogen-bond acceptors (Lipinski definition) is 15. The van der Waals surface area contributed by atoms with Crippen molar-refractivity contribution in [3.63, 3.8) is 0 Å². The van der Waals surface area contributed by atoms with Gasteiger partial charge in [0, 0.05) is 5.75 Å². The number of ether oxygens (including phenoxy) is 3. The summed E-state index contributed by atoms with van der Waals surface area (Å²) in [5.41, 5.74) is 3.66. The number of aliphatic hydroxyl groups is 2. The van der Waals surface area contributed by atoms with Crippen LogP contribution in [0, 0.1) is 5.41 Å². The highest BCUT2D eigenvalue weighted by molar-refractivity contribution is 8.13. The SMILES string of the molecule is CCOC(=O)CNP(=O)(OCCSC(=O)C(C)(C)COC(c1ccccc1)(c1ccccc1)c1ccccc1)OC[C@H]1O[C@@H](n2cnc3c(=O)[nH]c(N)nc32)[C@](C)(O)[C@@H]1O. The molecule has 5 atom stereocenters. The lowest BCUT2D eigenvalue weighted by Crippen LogP contribution is -2.44. The molecule has 6 N–H and O–H groups in total. The molecule has 0 saturated carbocycles. The number of carbonyl (C=O) groups excluding carboxylic acids is 2. The number of aromatic amines is 1. The standard InChI is InChI=1S/C41H49N6O11PS/c1-5-54-31(48)23-44-59(53,57-24-30-33(49)40(4,52)36(58-30)47-26-43-32-34(47)45-38(42)46-35(32)50)56-21-22-60-37(51)39(2,3)25-55-41(27-15-9-6-10-16-27,28-17-11-7-12-18-28)29-19-13-8-14-20-29/h6-20,26,30,33,36,49,52H,5,21-25H2,1-4H3,(H,44,53)(H3,42,45,46,50)/t30-,33-,36-,40-,59?/m1/s1. The van der Waals surface area contributed by atoms with Crippen molar-refractivity contribution in [1.29, 1.82) is 0 Å². The van der Waals surface area contributed by atoms with Crippen LogP contribution < -0.4 is 16.4 Å². The van der Waals surface area contributed by atoms with E-state index in [1.165, 1.54) is 17.8 Å². The number of nitrogens with one attached hydrogen (secondary N) is 2. The smallest absolute Gasteiger partial charge is 0.406 e. The van der Waals surface area contributed by atoms with Crippen LogP contribution in [0.15, 0.2) is 102 Å². The van der Waals surface area contributed by atoms with Gasteiger partial charge < -0.3 is 30.2 Å². The van der Waals surface area contributed by atoms with Crippen LogP contribution in [0.25, 0.3) is 11.2 Å². The predicted molar refractivity (Wildman–Crippen MR) is 224 cm³/mol. The van der Waals surface area contributed by atoms with Crippen LogP contribution in [0.1, 0.15) is 50.6 Å². The molecule has 3 aromatic carbocycles. The van der Waals surface area contributed by atoms with Gasteiger partial charge in [-0.05, 0) is 44.4 Å². The van der Waals surface area contributed by atoms with Gasteiger partial charge in [0.1, 0.15) is 30.0 Å². The van der Waals surface area contributed by atoms with Crippen molar-refractivity contribution in [3.8, 4) is 0 Å². The Kier molecular flexibility index (Phi) is 14.1. The zero-order valence-corrected chi connectivity index (χ0v) is 35.3. The van der Waals surface area contributed by atoms with Gasteiger partial charge in [-0.25, -0.2) is 14.6 Å². The van der Waals surface area contributed by atoms with E-state index in [-0.39, 0.29) is 47.8 Å². The summed E-state index contributed by atoms with van der Waals surface area (Å²) in [6.45, 7) is 5.18. The Bertz CT molecular complexity index is 2250. The molecule has 19 heteroatoms. The van der Waals surface area contributed by atoms with E-state index < -0.39 is 67.5 Å². The molecule has 5 aromatic rings. The Hall–Kier alpha value is -4.75. The summed E-state index contributed by atoms with van der Waals surface area (Å²) >= 11 is 0.954. The summed E-state index contributed by atoms with van der Waals surface area (Å²) in [6.07, 6.45) is -3.04. The Morgan fingerprint density at radius 2 is 1.60 bits per heavy atom. The van der Waals surface area contributed by atoms with Gasteiger partial charge >= 0.3 is 13.7 Å². The van der Waals surface area contributed by atoms with Gasteiger partial charge in [-0.3, -0.25) is 33.0 Å². The largest absolute Gasteiger partial charge is 0.465 e. The topological polar surface area (TPSA) is 239 Å². The minimum atomic E-state index is -4.35. The molecular formula is C41H49N6O11PS. The van der Waals surface area contributed by atoms with Gasteiger partial charge in [0.15, 0.2) is 22.5 Å². The maximum absolute atomic E-state index is 14.0. The van der Waals surface area contributed by atoms with Crippen LogP contribution >= 0.6 is 19.5 Å². The number of esters is 1. The van der Waals surface area contributed by atoms with Gasteiger partial charge in [0.25, 0.3) is 5.56 Å². The number of hydrogen-bond donors (Lipinski definition) is 5. The quantitative estimate of drug-likeness (QED) is 0.0337. The number of aliphatic hydroxyl groups excluding tert-OH is 1. The van der Waals surface area contributed by atoms with Crippen molar-refractivity contribution in [2.75, 3.05) is 44.5 Å². The molecule has 1 saturated heterocycles. The highest BCUT2D eigenvalue weighted by Gasteiger charge is 2.54. The third kappa shape index (κ3) is 9.73. The lowest BCUT2D eigenvalue weighted by Gasteiger charge is -2.38. The highest BCUT2D eigenvalue weighted by Crippen LogP contribution is 2.47. The minimum Gasteiger partial charge on any atom is -0.465 e. The van der Waals surface area contributed by atoms with Crippen molar-refractivity contribution in [2.45, 2.75) is 57.3 Å². The second-order valence-electron chi connectivity index (χ2n) is 14.8. The summed E-state index contributed by atoms with van der Waals surface area (Å²) in [5.74, 6) is -0.894. The molecule has 1 unspecified atom stereocenters. The molecule has 0 spiro atoms. The van der Waals surface area contributed by atoms with E-state index in [4.69, 9.17) is 29.0 Å². The van der Waals surface area contributed by atoms with Crippen molar-refractivity contribution >= 4 is 47.7 Å². The number of benzene rings is 3. The molecule has 3 heterocycles. The zero-order valence-electron chi connectivity index (χ0n) is 33.6. The third-order valence-corrected chi connectivity index (χ3v) is 12.7. The number of nitrogen functional groups attached to an aromatic ring is 1. The molecule has 0 amide bonds. The van der Waals surface area contributed by atoms with Crippen LogP contribution in [0.2, 0.25) is 0 Å². The maximum Gasteiger partial charge on any atom is 0.406 e. The number of aromatic nitrogens is 4. The molecule has 0 bridgehead atoms. The second kappa shape index (κ2) is 18.9. The fourth-order valence-corrected chi connectivity index (χ4v) is 8.95. The van der Waals surface area contributed by atoms with Crippen molar-refractivity contribution in [1.82, 2.24) is 24.6 Å². The number of nitrogens with zero attached hydrogens (tertiary/aromatic N) is 3. The van der Waals surface area contributed by atoms with Gasteiger partial charge in [-0.1, -0.05) is 103 Å². The maximum atomic E-state index is 14.0. The van der Waals surface area contributed by atoms with Gasteiger partial charge in [-0.2, -0.15) is 4.98 Å². The Labute approximate surface area is 350 Å². The summed E-state index contributed by atoms with van der Waals surface area (Å²) in [6, 6.07) is 29.5. The van der Waals surface area contributed by atoms with E-state index in [2.05, 4.69) is 20.0 Å². The number of anilines is 1. The average Bonchev–Trinajstić information content (AvgIpc) is 3.75. The lowest BCUT2D eigenvalue weighted by atomic mass is 9.79. The van der Waals surface area contributed by atoms with E-state index in [1.807, 2.05) is 91.0 Å². The number of imidazole rings is 1. The van der Waals surface area contributed by atoms with Crippen LogP contribution in [0.5, 0.6) is 0 Å². The number of rotatable bonds is 19. The van der Waals surface area contributed by atoms with E-state index in [0.717, 1.165) is 28.5 Å². The van der Waals surface area contributed by atoms with E-state index in [0.29, 0.717) is 0 Å². The van der Waals surface area contributed by atoms with Crippen LogP contribution in [-0.2, 0) is 43.0 Å². The van der Waals surface area contributed by atoms with E-state index in [1.54, 1.807) is 20.8 Å². The van der Waals surface area contributed by atoms with Crippen LogP contribution in [-0.4, -0.2) is 97.4 Å². The number of nitrogens with two attached hydrogens (primary N) is 1. The van der Waals surface area contributed by atoms with E-state index in [9.17, 15) is 29.2 Å². The number of fused-ring (bicyclic) bond motifs is 1. The monoisotopic (exact) mass is 864 g/mol. The minimum absolute atomic E-state index is 0.00917. The molecule has 0 radical (unpaired) electrons. The molecular weight excluding hydrogens is 816 g/mol. The van der Waals surface area contributed by atoms with Gasteiger partial charge in [0.05, 0.1) is 38.2 Å². The summed E-state index contributed by atoms with van der Waals surface area (Å²) in [5, 5.41) is 24.7. The lowest BCUT2D eigenvalue weighted by molar-refractivity contribution is -0.141. The summed E-state index contributed by atoms with van der Waals surface area (Å²) in [4.78, 5) is 48.8. The number of thioether (sulfide) groups is 1.